The third-order valence-electron chi connectivity index (χ3n) is 3.50. The number of nitrogens with one attached hydrogen (secondary N) is 2. The molecule has 0 aromatic heterocycles. The Hall–Kier alpha value is -3.13. The minimum atomic E-state index is -0.977. The summed E-state index contributed by atoms with van der Waals surface area (Å²) in [5.41, 5.74) is 0.0437. The first-order chi connectivity index (χ1) is 12.8. The summed E-state index contributed by atoms with van der Waals surface area (Å²) in [6.45, 7) is 1.24. The van der Waals surface area contributed by atoms with Crippen molar-refractivity contribution in [3.63, 3.8) is 0 Å². The van der Waals surface area contributed by atoms with Crippen molar-refractivity contribution in [3.8, 4) is 11.5 Å². The van der Waals surface area contributed by atoms with Gasteiger partial charge in [0, 0.05) is 19.1 Å². The molecule has 1 aliphatic heterocycles. The van der Waals surface area contributed by atoms with E-state index in [0.717, 1.165) is 12.1 Å². The van der Waals surface area contributed by atoms with E-state index in [4.69, 9.17) is 21.1 Å². The largest absolute Gasteiger partial charge is 0.454 e. The molecule has 6 nitrogen and oxygen atoms in total. The van der Waals surface area contributed by atoms with Crippen LogP contribution in [0.25, 0.3) is 6.08 Å². The molecule has 0 saturated carbocycles. The third-order valence-corrected chi connectivity index (χ3v) is 3.78. The van der Waals surface area contributed by atoms with E-state index in [1.54, 1.807) is 12.1 Å². The first-order valence-electron chi connectivity index (χ1n) is 7.68. The molecule has 0 saturated heterocycles. The Bertz CT molecular complexity index is 963. The van der Waals surface area contributed by atoms with Gasteiger partial charge in [0.2, 0.25) is 18.6 Å². The molecule has 0 fully saturated rings. The van der Waals surface area contributed by atoms with Crippen molar-refractivity contribution in [3.05, 3.63) is 52.6 Å². The van der Waals surface area contributed by atoms with E-state index in [1.807, 2.05) is 0 Å². The average Bonchev–Trinajstić information content (AvgIpc) is 3.06. The molecule has 0 spiro atoms. The zero-order valence-corrected chi connectivity index (χ0v) is 14.7. The van der Waals surface area contributed by atoms with Gasteiger partial charge in [-0.25, -0.2) is 8.78 Å². The van der Waals surface area contributed by atoms with Crippen LogP contribution in [0.2, 0.25) is 5.02 Å². The van der Waals surface area contributed by atoms with Gasteiger partial charge < -0.3 is 20.1 Å². The molecule has 0 atom stereocenters. The van der Waals surface area contributed by atoms with Crippen molar-refractivity contribution in [2.75, 3.05) is 17.4 Å². The topological polar surface area (TPSA) is 76.7 Å². The van der Waals surface area contributed by atoms with E-state index in [9.17, 15) is 18.4 Å². The van der Waals surface area contributed by atoms with Gasteiger partial charge in [-0.3, -0.25) is 9.59 Å². The smallest absolute Gasteiger partial charge is 0.248 e. The number of rotatable bonds is 4. The van der Waals surface area contributed by atoms with Gasteiger partial charge in [-0.1, -0.05) is 11.6 Å². The molecule has 2 amide bonds. The van der Waals surface area contributed by atoms with Crippen LogP contribution in [0.1, 0.15) is 12.5 Å². The lowest BCUT2D eigenvalue weighted by atomic mass is 10.2. The zero-order valence-electron chi connectivity index (χ0n) is 13.9. The van der Waals surface area contributed by atoms with Crippen LogP contribution in [-0.4, -0.2) is 18.6 Å². The average molecular weight is 395 g/mol. The van der Waals surface area contributed by atoms with E-state index in [-0.39, 0.29) is 18.2 Å². The van der Waals surface area contributed by atoms with Crippen molar-refractivity contribution in [1.29, 1.82) is 0 Å². The molecule has 2 aromatic carbocycles. The van der Waals surface area contributed by atoms with Gasteiger partial charge in [-0.2, -0.15) is 0 Å². The highest BCUT2D eigenvalue weighted by Crippen LogP contribution is 2.40. The van der Waals surface area contributed by atoms with Crippen LogP contribution >= 0.6 is 11.6 Å². The lowest BCUT2D eigenvalue weighted by Crippen LogP contribution is -2.12. The standard InChI is InChI=1S/C18H13ClF2N2O4/c1-9(24)22-14-7-15(13(21)6-12(14)20)23-17(25)3-2-10-4-11(19)18-16(5-10)26-8-27-18/h2-7H,8H2,1H3,(H,22,24)(H,23,25)/b3-2+. The molecule has 0 radical (unpaired) electrons. The highest BCUT2D eigenvalue weighted by atomic mass is 35.5. The first kappa shape index (κ1) is 18.7. The van der Waals surface area contributed by atoms with Crippen molar-refractivity contribution in [2.24, 2.45) is 0 Å². The number of carbonyl (C=O) groups is 2. The number of ether oxygens (including phenoxy) is 2. The Kier molecular flexibility index (Phi) is 5.27. The molecule has 1 heterocycles. The van der Waals surface area contributed by atoms with E-state index in [0.29, 0.717) is 28.2 Å². The highest BCUT2D eigenvalue weighted by Gasteiger charge is 2.18. The number of benzene rings is 2. The molecule has 3 rings (SSSR count). The fraction of sp³-hybridized carbons (Fsp3) is 0.111. The Morgan fingerprint density at radius 1 is 1.07 bits per heavy atom. The Balaban J connectivity index is 1.75. The molecule has 2 aromatic rings. The van der Waals surface area contributed by atoms with Crippen LogP contribution in [-0.2, 0) is 9.59 Å². The van der Waals surface area contributed by atoms with Gasteiger partial charge in [-0.15, -0.1) is 0 Å². The van der Waals surface area contributed by atoms with Crippen LogP contribution in [0.5, 0.6) is 11.5 Å². The van der Waals surface area contributed by atoms with Crippen molar-refractivity contribution in [1.82, 2.24) is 0 Å². The summed E-state index contributed by atoms with van der Waals surface area (Å²) in [4.78, 5) is 23.1. The second kappa shape index (κ2) is 7.63. The lowest BCUT2D eigenvalue weighted by Gasteiger charge is -2.09. The van der Waals surface area contributed by atoms with Crippen molar-refractivity contribution >= 4 is 40.9 Å². The number of amides is 2. The summed E-state index contributed by atoms with van der Waals surface area (Å²) in [6.07, 6.45) is 2.59. The number of hydrogen-bond donors (Lipinski definition) is 2. The second-order valence-electron chi connectivity index (χ2n) is 5.55. The third kappa shape index (κ3) is 4.35. The van der Waals surface area contributed by atoms with Crippen molar-refractivity contribution in [2.45, 2.75) is 6.92 Å². The van der Waals surface area contributed by atoms with Crippen LogP contribution in [0.15, 0.2) is 30.3 Å². The first-order valence-corrected chi connectivity index (χ1v) is 8.06. The number of anilines is 2. The van der Waals surface area contributed by atoms with E-state index >= 15 is 0 Å². The maximum Gasteiger partial charge on any atom is 0.248 e. The monoisotopic (exact) mass is 394 g/mol. The fourth-order valence-corrected chi connectivity index (χ4v) is 2.63. The van der Waals surface area contributed by atoms with Gasteiger partial charge in [0.25, 0.3) is 0 Å². The SMILES string of the molecule is CC(=O)Nc1cc(NC(=O)/C=C/c2cc(Cl)c3c(c2)OCO3)c(F)cc1F. The van der Waals surface area contributed by atoms with Crippen LogP contribution in [0.3, 0.4) is 0 Å². The highest BCUT2D eigenvalue weighted by molar-refractivity contribution is 6.32. The summed E-state index contributed by atoms with van der Waals surface area (Å²) in [5, 5.41) is 4.82. The Morgan fingerprint density at radius 3 is 2.48 bits per heavy atom. The summed E-state index contributed by atoms with van der Waals surface area (Å²) in [7, 11) is 0. The predicted octanol–water partition coefficient (Wildman–Crippen LogP) is 3.96. The summed E-state index contributed by atoms with van der Waals surface area (Å²) in [6, 6.07) is 4.77. The summed E-state index contributed by atoms with van der Waals surface area (Å²) in [5.74, 6) is -2.25. The van der Waals surface area contributed by atoms with Crippen LogP contribution < -0.4 is 20.1 Å². The number of halogens is 3. The van der Waals surface area contributed by atoms with Gasteiger partial charge in [0.1, 0.15) is 11.6 Å². The maximum absolute atomic E-state index is 13.9. The molecule has 0 bridgehead atoms. The minimum absolute atomic E-state index is 0.0587. The molecule has 27 heavy (non-hydrogen) atoms. The molecule has 0 unspecified atom stereocenters. The summed E-state index contributed by atoms with van der Waals surface area (Å²) >= 11 is 6.06. The van der Waals surface area contributed by atoms with Gasteiger partial charge in [-0.05, 0) is 29.8 Å². The van der Waals surface area contributed by atoms with Crippen LogP contribution in [0, 0.1) is 11.6 Å². The number of hydrogen-bond acceptors (Lipinski definition) is 4. The fourth-order valence-electron chi connectivity index (χ4n) is 2.36. The van der Waals surface area contributed by atoms with Gasteiger partial charge in [0.15, 0.2) is 11.5 Å². The molecule has 1 aliphatic rings. The van der Waals surface area contributed by atoms with Crippen molar-refractivity contribution < 1.29 is 27.8 Å². The van der Waals surface area contributed by atoms with E-state index in [1.165, 1.54) is 13.0 Å². The zero-order chi connectivity index (χ0) is 19.6. The quantitative estimate of drug-likeness (QED) is 0.770. The molecular weight excluding hydrogens is 382 g/mol. The van der Waals surface area contributed by atoms with E-state index in [2.05, 4.69) is 10.6 Å². The van der Waals surface area contributed by atoms with E-state index < -0.39 is 23.4 Å². The maximum atomic E-state index is 13.9. The minimum Gasteiger partial charge on any atom is -0.454 e. The molecule has 2 N–H and O–H groups in total. The van der Waals surface area contributed by atoms with Gasteiger partial charge in [0.05, 0.1) is 16.4 Å². The Labute approximate surface area is 157 Å². The lowest BCUT2D eigenvalue weighted by molar-refractivity contribution is -0.114. The Morgan fingerprint density at radius 2 is 1.78 bits per heavy atom. The van der Waals surface area contributed by atoms with Gasteiger partial charge >= 0.3 is 0 Å². The normalized spacial score (nSPS) is 12.3. The van der Waals surface area contributed by atoms with Crippen LogP contribution in [0.4, 0.5) is 20.2 Å². The summed E-state index contributed by atoms with van der Waals surface area (Å²) < 4.78 is 37.9. The number of fused-ring (bicyclic) bond motifs is 1. The predicted molar refractivity (Wildman–Crippen MR) is 95.9 cm³/mol. The number of carbonyl (C=O) groups excluding carboxylic acids is 2. The molecule has 9 heteroatoms. The molecule has 0 aliphatic carbocycles. The second-order valence-corrected chi connectivity index (χ2v) is 5.96. The molecule has 140 valence electrons. The molecular formula is C18H13ClF2N2O4.